The van der Waals surface area contributed by atoms with E-state index in [9.17, 15) is 4.79 Å². The molecule has 31 heavy (non-hydrogen) atoms. The summed E-state index contributed by atoms with van der Waals surface area (Å²) in [7, 11) is 3.25. The van der Waals surface area contributed by atoms with E-state index in [1.807, 2.05) is 18.2 Å². The molecule has 0 aliphatic carbocycles. The lowest BCUT2D eigenvalue weighted by molar-refractivity contribution is -0.121. The molecule has 7 heteroatoms. The van der Waals surface area contributed by atoms with Crippen LogP contribution in [0.5, 0.6) is 11.5 Å². The van der Waals surface area contributed by atoms with Gasteiger partial charge in [0, 0.05) is 49.8 Å². The summed E-state index contributed by atoms with van der Waals surface area (Å²) in [5.74, 6) is 3.17. The quantitative estimate of drug-likeness (QED) is 0.604. The molecule has 1 aliphatic rings. The van der Waals surface area contributed by atoms with Crippen LogP contribution in [-0.2, 0) is 24.3 Å². The van der Waals surface area contributed by atoms with Crippen LogP contribution >= 0.6 is 0 Å². The SMILES string of the molecule is CCc1nc(CN2CCC[C@@H](CCC(=O)NCc3ccc(OC)cc3OC)C2)c(C)[nH]1. The van der Waals surface area contributed by atoms with Crippen molar-refractivity contribution < 1.29 is 14.3 Å². The van der Waals surface area contributed by atoms with E-state index in [4.69, 9.17) is 14.5 Å². The summed E-state index contributed by atoms with van der Waals surface area (Å²) >= 11 is 0. The first kappa shape index (κ1) is 23.1. The zero-order valence-corrected chi connectivity index (χ0v) is 19.3. The Kier molecular flexibility index (Phi) is 8.35. The van der Waals surface area contributed by atoms with Crippen LogP contribution in [0.1, 0.15) is 55.4 Å². The molecule has 1 fully saturated rings. The number of aromatic amines is 1. The van der Waals surface area contributed by atoms with Gasteiger partial charge in [-0.15, -0.1) is 0 Å². The number of amides is 1. The summed E-state index contributed by atoms with van der Waals surface area (Å²) in [4.78, 5) is 23.0. The van der Waals surface area contributed by atoms with Gasteiger partial charge in [-0.25, -0.2) is 4.98 Å². The standard InChI is InChI=1S/C24H36N4O3/c1-5-23-26-17(2)21(27-23)16-28-12-6-7-18(15-28)8-11-24(29)25-14-19-9-10-20(30-3)13-22(19)31-4/h9-10,13,18H,5-8,11-12,14-16H2,1-4H3,(H,25,29)(H,26,27)/t18-/m0/s1. The van der Waals surface area contributed by atoms with Crippen molar-refractivity contribution in [3.63, 3.8) is 0 Å². The van der Waals surface area contributed by atoms with Crippen molar-refractivity contribution >= 4 is 5.91 Å². The van der Waals surface area contributed by atoms with Crippen LogP contribution in [0.15, 0.2) is 18.2 Å². The topological polar surface area (TPSA) is 79.5 Å². The first-order valence-electron chi connectivity index (χ1n) is 11.3. The number of imidazole rings is 1. The molecule has 1 aromatic heterocycles. The van der Waals surface area contributed by atoms with Crippen LogP contribution in [0.4, 0.5) is 0 Å². The van der Waals surface area contributed by atoms with Crippen molar-refractivity contribution in [3.05, 3.63) is 41.0 Å². The predicted molar refractivity (Wildman–Crippen MR) is 121 cm³/mol. The van der Waals surface area contributed by atoms with Crippen LogP contribution in [0.2, 0.25) is 0 Å². The monoisotopic (exact) mass is 428 g/mol. The molecule has 1 amide bonds. The molecule has 0 bridgehead atoms. The molecule has 7 nitrogen and oxygen atoms in total. The van der Waals surface area contributed by atoms with Crippen molar-refractivity contribution in [1.82, 2.24) is 20.2 Å². The average molecular weight is 429 g/mol. The third-order valence-electron chi connectivity index (χ3n) is 6.10. The summed E-state index contributed by atoms with van der Waals surface area (Å²) in [5, 5.41) is 3.03. The molecule has 0 saturated carbocycles. The third-order valence-corrected chi connectivity index (χ3v) is 6.10. The number of nitrogens with one attached hydrogen (secondary N) is 2. The zero-order chi connectivity index (χ0) is 22.2. The number of methoxy groups -OCH3 is 2. The van der Waals surface area contributed by atoms with E-state index >= 15 is 0 Å². The summed E-state index contributed by atoms with van der Waals surface area (Å²) in [6, 6.07) is 5.64. The van der Waals surface area contributed by atoms with E-state index in [2.05, 4.69) is 29.0 Å². The fourth-order valence-electron chi connectivity index (χ4n) is 4.24. The molecule has 1 atom stereocenters. The highest BCUT2D eigenvalue weighted by atomic mass is 16.5. The van der Waals surface area contributed by atoms with Gasteiger partial charge in [0.15, 0.2) is 0 Å². The Balaban J connectivity index is 1.44. The number of carbonyl (C=O) groups excluding carboxylic acids is 1. The van der Waals surface area contributed by atoms with Gasteiger partial charge in [0.2, 0.25) is 5.91 Å². The molecule has 1 saturated heterocycles. The molecular formula is C24H36N4O3. The second-order valence-corrected chi connectivity index (χ2v) is 8.35. The van der Waals surface area contributed by atoms with Gasteiger partial charge in [0.1, 0.15) is 17.3 Å². The van der Waals surface area contributed by atoms with Crippen LogP contribution in [0.25, 0.3) is 0 Å². The summed E-state index contributed by atoms with van der Waals surface area (Å²) in [6.45, 7) is 7.71. The Morgan fingerprint density at radius 1 is 1.32 bits per heavy atom. The molecule has 0 radical (unpaired) electrons. The maximum absolute atomic E-state index is 12.4. The number of rotatable bonds is 10. The second-order valence-electron chi connectivity index (χ2n) is 8.35. The third kappa shape index (κ3) is 6.47. The highest BCUT2D eigenvalue weighted by Crippen LogP contribution is 2.25. The van der Waals surface area contributed by atoms with E-state index in [0.29, 0.717) is 18.9 Å². The fourth-order valence-corrected chi connectivity index (χ4v) is 4.24. The van der Waals surface area contributed by atoms with Crippen LogP contribution in [0.3, 0.4) is 0 Å². The van der Waals surface area contributed by atoms with Crippen molar-refractivity contribution in [2.45, 2.75) is 59.0 Å². The van der Waals surface area contributed by atoms with E-state index in [0.717, 1.165) is 61.1 Å². The lowest BCUT2D eigenvalue weighted by atomic mass is 9.93. The molecule has 2 heterocycles. The smallest absolute Gasteiger partial charge is 0.220 e. The molecule has 1 aromatic carbocycles. The van der Waals surface area contributed by atoms with Gasteiger partial charge in [-0.05, 0) is 50.8 Å². The number of piperidine rings is 1. The second kappa shape index (κ2) is 11.2. The Labute approximate surface area is 185 Å². The van der Waals surface area contributed by atoms with Gasteiger partial charge in [-0.2, -0.15) is 0 Å². The van der Waals surface area contributed by atoms with Gasteiger partial charge in [-0.3, -0.25) is 9.69 Å². The van der Waals surface area contributed by atoms with Gasteiger partial charge in [0.05, 0.1) is 19.9 Å². The van der Waals surface area contributed by atoms with E-state index < -0.39 is 0 Å². The molecule has 0 spiro atoms. The molecule has 2 N–H and O–H groups in total. The molecule has 1 aliphatic heterocycles. The Bertz CT molecular complexity index is 865. The summed E-state index contributed by atoms with van der Waals surface area (Å²) in [6.07, 6.45) is 4.77. The van der Waals surface area contributed by atoms with E-state index in [-0.39, 0.29) is 5.91 Å². The lowest BCUT2D eigenvalue weighted by Gasteiger charge is -2.32. The minimum absolute atomic E-state index is 0.0886. The molecule has 0 unspecified atom stereocenters. The lowest BCUT2D eigenvalue weighted by Crippen LogP contribution is -2.35. The summed E-state index contributed by atoms with van der Waals surface area (Å²) in [5.41, 5.74) is 3.28. The Morgan fingerprint density at radius 3 is 2.87 bits per heavy atom. The van der Waals surface area contributed by atoms with Crippen LogP contribution in [0, 0.1) is 12.8 Å². The minimum Gasteiger partial charge on any atom is -0.497 e. The first-order valence-corrected chi connectivity index (χ1v) is 11.3. The zero-order valence-electron chi connectivity index (χ0n) is 19.3. The number of aromatic nitrogens is 2. The van der Waals surface area contributed by atoms with Gasteiger partial charge >= 0.3 is 0 Å². The van der Waals surface area contributed by atoms with Crippen molar-refractivity contribution in [1.29, 1.82) is 0 Å². The van der Waals surface area contributed by atoms with Crippen LogP contribution < -0.4 is 14.8 Å². The normalized spacial score (nSPS) is 16.8. The van der Waals surface area contributed by atoms with E-state index in [1.165, 1.54) is 18.5 Å². The number of hydrogen-bond donors (Lipinski definition) is 2. The predicted octanol–water partition coefficient (Wildman–Crippen LogP) is 3.61. The van der Waals surface area contributed by atoms with Crippen molar-refractivity contribution in [2.75, 3.05) is 27.3 Å². The number of hydrogen-bond acceptors (Lipinski definition) is 5. The molecule has 170 valence electrons. The number of H-pyrrole nitrogens is 1. The number of nitrogens with zero attached hydrogens (tertiary/aromatic N) is 2. The number of carbonyl (C=O) groups is 1. The largest absolute Gasteiger partial charge is 0.497 e. The highest BCUT2D eigenvalue weighted by molar-refractivity contribution is 5.75. The van der Waals surface area contributed by atoms with Gasteiger partial charge < -0.3 is 19.8 Å². The van der Waals surface area contributed by atoms with Gasteiger partial charge in [0.25, 0.3) is 0 Å². The van der Waals surface area contributed by atoms with Crippen LogP contribution in [-0.4, -0.2) is 48.1 Å². The maximum atomic E-state index is 12.4. The molecule has 3 rings (SSSR count). The number of likely N-dealkylation sites (tertiary alicyclic amines) is 1. The maximum Gasteiger partial charge on any atom is 0.220 e. The summed E-state index contributed by atoms with van der Waals surface area (Å²) < 4.78 is 10.6. The van der Waals surface area contributed by atoms with E-state index in [1.54, 1.807) is 14.2 Å². The Hall–Kier alpha value is -2.54. The van der Waals surface area contributed by atoms with Gasteiger partial charge in [-0.1, -0.05) is 6.92 Å². The number of benzene rings is 1. The first-order chi connectivity index (χ1) is 15.0. The van der Waals surface area contributed by atoms with Crippen molar-refractivity contribution in [3.8, 4) is 11.5 Å². The fraction of sp³-hybridized carbons (Fsp3) is 0.583. The Morgan fingerprint density at radius 2 is 2.16 bits per heavy atom. The molecule has 2 aromatic rings. The average Bonchev–Trinajstić information content (AvgIpc) is 3.15. The number of ether oxygens (including phenoxy) is 2. The number of aryl methyl sites for hydroxylation is 2. The highest BCUT2D eigenvalue weighted by Gasteiger charge is 2.22. The molecular weight excluding hydrogens is 392 g/mol. The van der Waals surface area contributed by atoms with Crippen molar-refractivity contribution in [2.24, 2.45) is 5.92 Å². The minimum atomic E-state index is 0.0886.